The van der Waals surface area contributed by atoms with E-state index in [1.54, 1.807) is 24.3 Å². The van der Waals surface area contributed by atoms with Crippen LogP contribution in [-0.4, -0.2) is 63.7 Å². The standard InChI is InChI=1S/C21H25N5O6/c1-21(2,29)11-31-26-19(28)16-17(23)24-18(13-5-3-4-12(6-13)8-22)25-20(16)32-15-7-14(9-27)30-10-15/h3-6,14-15,27,29H,7,9-11H2,1-2H3,(H,26,28)(H2,23,24,25)/t14-,15-/m0/s1. The smallest absolute Gasteiger partial charge is 0.284 e. The molecule has 1 fully saturated rings. The van der Waals surface area contributed by atoms with E-state index < -0.39 is 17.6 Å². The predicted molar refractivity (Wildman–Crippen MR) is 112 cm³/mol. The number of hydroxylamine groups is 1. The van der Waals surface area contributed by atoms with Crippen molar-refractivity contribution in [3.63, 3.8) is 0 Å². The van der Waals surface area contributed by atoms with Crippen LogP contribution in [0.5, 0.6) is 5.88 Å². The number of aliphatic hydroxyl groups is 2. The minimum absolute atomic E-state index is 0.0913. The number of nitriles is 1. The molecule has 1 aromatic heterocycles. The van der Waals surface area contributed by atoms with Crippen molar-refractivity contribution in [1.29, 1.82) is 5.26 Å². The van der Waals surface area contributed by atoms with E-state index in [0.717, 1.165) is 0 Å². The van der Waals surface area contributed by atoms with E-state index in [1.807, 2.05) is 6.07 Å². The Labute approximate surface area is 184 Å². The summed E-state index contributed by atoms with van der Waals surface area (Å²) in [5.41, 5.74) is 7.90. The van der Waals surface area contributed by atoms with Gasteiger partial charge in [-0.05, 0) is 26.0 Å². The molecule has 11 nitrogen and oxygen atoms in total. The summed E-state index contributed by atoms with van der Waals surface area (Å²) in [7, 11) is 0. The Morgan fingerprint density at radius 1 is 1.44 bits per heavy atom. The van der Waals surface area contributed by atoms with E-state index in [4.69, 9.17) is 25.3 Å². The van der Waals surface area contributed by atoms with Crippen molar-refractivity contribution in [3.05, 3.63) is 35.4 Å². The van der Waals surface area contributed by atoms with Gasteiger partial charge < -0.3 is 25.4 Å². The van der Waals surface area contributed by atoms with Crippen molar-refractivity contribution >= 4 is 11.7 Å². The number of rotatable bonds is 8. The van der Waals surface area contributed by atoms with E-state index >= 15 is 0 Å². The number of anilines is 1. The molecule has 0 aliphatic carbocycles. The summed E-state index contributed by atoms with van der Waals surface area (Å²) < 4.78 is 11.3. The number of aromatic nitrogens is 2. The van der Waals surface area contributed by atoms with Crippen LogP contribution in [0.3, 0.4) is 0 Å². The molecule has 1 saturated heterocycles. The molecular weight excluding hydrogens is 418 g/mol. The molecule has 11 heteroatoms. The molecule has 0 unspecified atom stereocenters. The van der Waals surface area contributed by atoms with Crippen molar-refractivity contribution in [2.45, 2.75) is 38.1 Å². The highest BCUT2D eigenvalue weighted by molar-refractivity contribution is 6.00. The third-order valence-corrected chi connectivity index (χ3v) is 4.50. The Morgan fingerprint density at radius 2 is 2.22 bits per heavy atom. The van der Waals surface area contributed by atoms with Crippen molar-refractivity contribution in [2.24, 2.45) is 0 Å². The average Bonchev–Trinajstić information content (AvgIpc) is 3.20. The van der Waals surface area contributed by atoms with Crippen LogP contribution in [-0.2, 0) is 9.57 Å². The number of amides is 1. The van der Waals surface area contributed by atoms with Gasteiger partial charge in [0.15, 0.2) is 5.82 Å². The van der Waals surface area contributed by atoms with Gasteiger partial charge in [-0.1, -0.05) is 12.1 Å². The summed E-state index contributed by atoms with van der Waals surface area (Å²) in [4.78, 5) is 26.4. The summed E-state index contributed by atoms with van der Waals surface area (Å²) in [5, 5.41) is 28.2. The van der Waals surface area contributed by atoms with Crippen LogP contribution < -0.4 is 16.0 Å². The first-order valence-corrected chi connectivity index (χ1v) is 9.92. The molecule has 0 bridgehead atoms. The number of benzene rings is 1. The number of hydrogen-bond donors (Lipinski definition) is 4. The Morgan fingerprint density at radius 3 is 2.88 bits per heavy atom. The van der Waals surface area contributed by atoms with Crippen LogP contribution in [0.1, 0.15) is 36.2 Å². The van der Waals surface area contributed by atoms with Crippen LogP contribution in [0.15, 0.2) is 24.3 Å². The number of carbonyl (C=O) groups is 1. The van der Waals surface area contributed by atoms with Gasteiger partial charge in [0, 0.05) is 12.0 Å². The Bertz CT molecular complexity index is 1020. The second-order valence-corrected chi connectivity index (χ2v) is 7.95. The molecule has 5 N–H and O–H groups in total. The van der Waals surface area contributed by atoms with Crippen molar-refractivity contribution < 1.29 is 29.3 Å². The van der Waals surface area contributed by atoms with Crippen molar-refractivity contribution in [3.8, 4) is 23.3 Å². The lowest BCUT2D eigenvalue weighted by Gasteiger charge is -2.19. The number of nitrogen functional groups attached to an aromatic ring is 1. The van der Waals surface area contributed by atoms with E-state index in [0.29, 0.717) is 17.5 Å². The maximum atomic E-state index is 12.7. The molecule has 2 heterocycles. The van der Waals surface area contributed by atoms with Gasteiger partial charge in [0.1, 0.15) is 24.1 Å². The number of nitrogens with two attached hydrogens (primary N) is 1. The van der Waals surface area contributed by atoms with E-state index in [2.05, 4.69) is 15.4 Å². The molecular formula is C21H25N5O6. The summed E-state index contributed by atoms with van der Waals surface area (Å²) in [5.74, 6) is -0.835. The number of ether oxygens (including phenoxy) is 2. The maximum absolute atomic E-state index is 12.7. The molecule has 32 heavy (non-hydrogen) atoms. The lowest BCUT2D eigenvalue weighted by molar-refractivity contribution is -0.0523. The quantitative estimate of drug-likeness (QED) is 0.422. The Hall–Kier alpha value is -3.30. The van der Waals surface area contributed by atoms with E-state index in [-0.39, 0.29) is 49.0 Å². The lowest BCUT2D eigenvalue weighted by Crippen LogP contribution is -2.34. The zero-order valence-corrected chi connectivity index (χ0v) is 17.7. The monoisotopic (exact) mass is 443 g/mol. The fourth-order valence-electron chi connectivity index (χ4n) is 2.98. The minimum Gasteiger partial charge on any atom is -0.471 e. The second-order valence-electron chi connectivity index (χ2n) is 7.95. The predicted octanol–water partition coefficient (Wildman–Crippen LogP) is 0.558. The molecule has 0 radical (unpaired) electrons. The summed E-state index contributed by atoms with van der Waals surface area (Å²) in [6.45, 7) is 2.92. The van der Waals surface area contributed by atoms with Gasteiger partial charge in [0.2, 0.25) is 5.88 Å². The molecule has 2 aromatic rings. The van der Waals surface area contributed by atoms with Gasteiger partial charge in [-0.2, -0.15) is 10.2 Å². The van der Waals surface area contributed by atoms with Crippen LogP contribution >= 0.6 is 0 Å². The number of hydrogen-bond acceptors (Lipinski definition) is 10. The van der Waals surface area contributed by atoms with Gasteiger partial charge in [-0.25, -0.2) is 10.5 Å². The first-order chi connectivity index (χ1) is 15.2. The first kappa shape index (κ1) is 23.4. The van der Waals surface area contributed by atoms with Gasteiger partial charge in [-0.3, -0.25) is 9.63 Å². The number of carbonyl (C=O) groups excluding carboxylic acids is 1. The number of nitrogens with one attached hydrogen (secondary N) is 1. The van der Waals surface area contributed by atoms with Gasteiger partial charge >= 0.3 is 0 Å². The second kappa shape index (κ2) is 9.88. The van der Waals surface area contributed by atoms with Crippen molar-refractivity contribution in [1.82, 2.24) is 15.4 Å². The highest BCUT2D eigenvalue weighted by Gasteiger charge is 2.30. The normalized spacial score (nSPS) is 18.2. The fourth-order valence-corrected chi connectivity index (χ4v) is 2.98. The first-order valence-electron chi connectivity index (χ1n) is 9.92. The highest BCUT2D eigenvalue weighted by atomic mass is 16.7. The van der Waals surface area contributed by atoms with Gasteiger partial charge in [-0.15, -0.1) is 0 Å². The zero-order chi connectivity index (χ0) is 23.3. The molecule has 0 saturated carbocycles. The SMILES string of the molecule is CC(C)(O)CONC(=O)c1c(N)nc(-c2cccc(C#N)c2)nc1O[C@@H]1CO[C@H](CO)C1. The molecule has 1 amide bonds. The molecule has 2 atom stereocenters. The molecule has 170 valence electrons. The van der Waals surface area contributed by atoms with E-state index in [1.165, 1.54) is 13.8 Å². The molecule has 1 aliphatic heterocycles. The fraction of sp³-hybridized carbons (Fsp3) is 0.429. The van der Waals surface area contributed by atoms with Crippen LogP contribution in [0, 0.1) is 11.3 Å². The largest absolute Gasteiger partial charge is 0.471 e. The third-order valence-electron chi connectivity index (χ3n) is 4.50. The molecule has 0 spiro atoms. The van der Waals surface area contributed by atoms with Crippen molar-refractivity contribution in [2.75, 3.05) is 25.6 Å². The minimum atomic E-state index is -1.16. The van der Waals surface area contributed by atoms with Gasteiger partial charge in [0.05, 0.1) is 36.6 Å². The van der Waals surface area contributed by atoms with E-state index in [9.17, 15) is 15.0 Å². The Kier molecular flexibility index (Phi) is 7.22. The van der Waals surface area contributed by atoms with Crippen LogP contribution in [0.4, 0.5) is 5.82 Å². The molecule has 1 aliphatic rings. The van der Waals surface area contributed by atoms with Crippen LogP contribution in [0.2, 0.25) is 0 Å². The third kappa shape index (κ3) is 5.89. The Balaban J connectivity index is 1.93. The molecule has 3 rings (SSSR count). The maximum Gasteiger partial charge on any atom is 0.284 e. The topological polar surface area (TPSA) is 173 Å². The zero-order valence-electron chi connectivity index (χ0n) is 17.7. The van der Waals surface area contributed by atoms with Gasteiger partial charge in [0.25, 0.3) is 5.91 Å². The number of nitrogens with zero attached hydrogens (tertiary/aromatic N) is 3. The lowest BCUT2D eigenvalue weighted by atomic mass is 10.1. The summed E-state index contributed by atoms with van der Waals surface area (Å²) in [6, 6.07) is 8.64. The molecule has 1 aromatic carbocycles. The average molecular weight is 443 g/mol. The number of aliphatic hydroxyl groups excluding tert-OH is 1. The highest BCUT2D eigenvalue weighted by Crippen LogP contribution is 2.29. The summed E-state index contributed by atoms with van der Waals surface area (Å²) >= 11 is 0. The van der Waals surface area contributed by atoms with Crippen LogP contribution in [0.25, 0.3) is 11.4 Å². The summed E-state index contributed by atoms with van der Waals surface area (Å²) in [6.07, 6.45) is -0.447.